The molecule has 1 heterocycles. The van der Waals surface area contributed by atoms with Gasteiger partial charge in [0.05, 0.1) is 20.3 Å². The molecule has 2 rings (SSSR count). The van der Waals surface area contributed by atoms with Gasteiger partial charge >= 0.3 is 0 Å². The lowest BCUT2D eigenvalue weighted by Gasteiger charge is -2.08. The van der Waals surface area contributed by atoms with E-state index in [-0.39, 0.29) is 11.4 Å². The fourth-order valence-electron chi connectivity index (χ4n) is 2.63. The maximum absolute atomic E-state index is 9.78. The number of nitrogens with zero attached hydrogens (tertiary/aromatic N) is 3. The van der Waals surface area contributed by atoms with Gasteiger partial charge in [-0.1, -0.05) is 26.7 Å². The van der Waals surface area contributed by atoms with E-state index in [2.05, 4.69) is 26.0 Å². The van der Waals surface area contributed by atoms with Crippen molar-refractivity contribution >= 4 is 0 Å². The van der Waals surface area contributed by atoms with E-state index in [0.717, 1.165) is 25.7 Å². The van der Waals surface area contributed by atoms with Gasteiger partial charge in [0.1, 0.15) is 17.9 Å². The van der Waals surface area contributed by atoms with Crippen LogP contribution < -0.4 is 14.2 Å². The van der Waals surface area contributed by atoms with Gasteiger partial charge in [0.15, 0.2) is 22.9 Å². The van der Waals surface area contributed by atoms with Gasteiger partial charge in [-0.3, -0.25) is 4.57 Å². The molecular formula is C21H25N3O3. The smallest absolute Gasteiger partial charge is 0.199 e. The summed E-state index contributed by atoms with van der Waals surface area (Å²) in [6, 6.07) is 11.5. The van der Waals surface area contributed by atoms with Crippen molar-refractivity contribution in [3.8, 4) is 35.1 Å². The highest BCUT2D eigenvalue weighted by Crippen LogP contribution is 2.40. The summed E-state index contributed by atoms with van der Waals surface area (Å²) in [6.07, 6.45) is 3.65. The average molecular weight is 367 g/mol. The first-order valence-corrected chi connectivity index (χ1v) is 9.20. The number of nitriles is 2. The van der Waals surface area contributed by atoms with Crippen molar-refractivity contribution in [2.24, 2.45) is 0 Å². The highest BCUT2D eigenvalue weighted by Gasteiger charge is 2.27. The van der Waals surface area contributed by atoms with Gasteiger partial charge < -0.3 is 14.2 Å². The second kappa shape index (κ2) is 10.1. The Morgan fingerprint density at radius 1 is 0.852 bits per heavy atom. The third-order valence-electron chi connectivity index (χ3n) is 4.11. The van der Waals surface area contributed by atoms with Gasteiger partial charge in [0, 0.05) is 5.69 Å². The summed E-state index contributed by atoms with van der Waals surface area (Å²) in [7, 11) is 1.59. The van der Waals surface area contributed by atoms with E-state index in [1.807, 2.05) is 0 Å². The van der Waals surface area contributed by atoms with Crippen LogP contribution in [-0.2, 0) is 0 Å². The van der Waals surface area contributed by atoms with Crippen LogP contribution in [-0.4, -0.2) is 24.9 Å². The topological polar surface area (TPSA) is 80.2 Å². The lowest BCUT2D eigenvalue weighted by molar-refractivity contribution is 0.263. The van der Waals surface area contributed by atoms with E-state index in [0.29, 0.717) is 36.1 Å². The maximum atomic E-state index is 9.78. The van der Waals surface area contributed by atoms with Crippen LogP contribution in [0.25, 0.3) is 5.69 Å². The highest BCUT2D eigenvalue weighted by molar-refractivity contribution is 5.63. The van der Waals surface area contributed by atoms with Gasteiger partial charge in [-0.2, -0.15) is 10.5 Å². The molecule has 0 spiro atoms. The minimum absolute atomic E-state index is 0.263. The minimum atomic E-state index is 0.263. The third kappa shape index (κ3) is 4.54. The highest BCUT2D eigenvalue weighted by atomic mass is 16.5. The molecule has 0 unspecified atom stereocenters. The van der Waals surface area contributed by atoms with Crippen LogP contribution in [0.4, 0.5) is 0 Å². The predicted molar refractivity (Wildman–Crippen MR) is 103 cm³/mol. The number of aromatic nitrogens is 1. The van der Waals surface area contributed by atoms with Gasteiger partial charge in [0.25, 0.3) is 0 Å². The molecule has 6 heteroatoms. The largest absolute Gasteiger partial charge is 0.497 e. The molecule has 0 aliphatic rings. The second-order valence-electron chi connectivity index (χ2n) is 6.02. The molecule has 0 saturated carbocycles. The molecule has 2 aromatic rings. The summed E-state index contributed by atoms with van der Waals surface area (Å²) in [5, 5.41) is 19.6. The molecule has 27 heavy (non-hydrogen) atoms. The normalized spacial score (nSPS) is 10.1. The van der Waals surface area contributed by atoms with Crippen LogP contribution in [0.5, 0.6) is 17.2 Å². The average Bonchev–Trinajstić information content (AvgIpc) is 3.01. The molecule has 0 N–H and O–H groups in total. The van der Waals surface area contributed by atoms with Crippen LogP contribution in [0.1, 0.15) is 50.9 Å². The Bertz CT molecular complexity index is 781. The van der Waals surface area contributed by atoms with Crippen molar-refractivity contribution in [1.29, 1.82) is 10.5 Å². The first-order chi connectivity index (χ1) is 13.2. The van der Waals surface area contributed by atoms with Gasteiger partial charge in [0.2, 0.25) is 0 Å². The molecule has 0 saturated heterocycles. The molecular weight excluding hydrogens is 342 g/mol. The fraction of sp³-hybridized carbons (Fsp3) is 0.429. The number of benzene rings is 1. The van der Waals surface area contributed by atoms with Crippen LogP contribution in [0.15, 0.2) is 24.3 Å². The zero-order valence-corrected chi connectivity index (χ0v) is 16.1. The Labute approximate surface area is 160 Å². The van der Waals surface area contributed by atoms with E-state index in [4.69, 9.17) is 14.2 Å². The summed E-state index contributed by atoms with van der Waals surface area (Å²) in [6.45, 7) is 5.06. The van der Waals surface area contributed by atoms with Crippen molar-refractivity contribution in [3.63, 3.8) is 0 Å². The van der Waals surface area contributed by atoms with Crippen molar-refractivity contribution in [3.05, 3.63) is 35.7 Å². The minimum Gasteiger partial charge on any atom is -0.497 e. The van der Waals surface area contributed by atoms with Crippen molar-refractivity contribution in [2.75, 3.05) is 20.3 Å². The fourth-order valence-corrected chi connectivity index (χ4v) is 2.63. The Morgan fingerprint density at radius 2 is 1.33 bits per heavy atom. The Morgan fingerprint density at radius 3 is 1.70 bits per heavy atom. The molecule has 0 aliphatic heterocycles. The van der Waals surface area contributed by atoms with E-state index >= 15 is 0 Å². The molecule has 0 atom stereocenters. The van der Waals surface area contributed by atoms with Crippen LogP contribution in [0, 0.1) is 22.7 Å². The molecule has 0 bridgehead atoms. The third-order valence-corrected chi connectivity index (χ3v) is 4.11. The summed E-state index contributed by atoms with van der Waals surface area (Å²) in [5.74, 6) is 1.38. The summed E-state index contributed by atoms with van der Waals surface area (Å²) in [5.41, 5.74) is 1.20. The van der Waals surface area contributed by atoms with E-state index in [1.165, 1.54) is 0 Å². The number of hydrogen-bond acceptors (Lipinski definition) is 5. The van der Waals surface area contributed by atoms with Crippen LogP contribution in [0.2, 0.25) is 0 Å². The zero-order valence-electron chi connectivity index (χ0n) is 16.1. The first-order valence-electron chi connectivity index (χ1n) is 9.20. The molecule has 142 valence electrons. The standard InChI is InChI=1S/C21H25N3O3/c1-4-6-12-26-20-18(14-22)24(16-8-10-17(25-3)11-9-16)19(15-23)21(20)27-13-7-5-2/h8-11H,4-7,12-13H2,1-3H3. The molecule has 1 aromatic heterocycles. The van der Waals surface area contributed by atoms with E-state index in [1.54, 1.807) is 35.9 Å². The Hall–Kier alpha value is -3.12. The number of hydrogen-bond donors (Lipinski definition) is 0. The van der Waals surface area contributed by atoms with Gasteiger partial charge in [-0.05, 0) is 37.1 Å². The summed E-state index contributed by atoms with van der Waals surface area (Å²) >= 11 is 0. The molecule has 0 amide bonds. The predicted octanol–water partition coefficient (Wildman–Crippen LogP) is 4.59. The second-order valence-corrected chi connectivity index (χ2v) is 6.02. The van der Waals surface area contributed by atoms with Crippen molar-refractivity contribution in [1.82, 2.24) is 4.57 Å². The number of rotatable bonds is 10. The van der Waals surface area contributed by atoms with Crippen LogP contribution >= 0.6 is 0 Å². The molecule has 0 radical (unpaired) electrons. The summed E-state index contributed by atoms with van der Waals surface area (Å²) < 4.78 is 18.5. The van der Waals surface area contributed by atoms with Gasteiger partial charge in [-0.25, -0.2) is 0 Å². The monoisotopic (exact) mass is 367 g/mol. The molecule has 0 aliphatic carbocycles. The van der Waals surface area contributed by atoms with E-state index in [9.17, 15) is 10.5 Å². The molecule has 1 aromatic carbocycles. The molecule has 6 nitrogen and oxygen atoms in total. The first kappa shape index (κ1) is 20.2. The Kier molecular flexibility index (Phi) is 7.58. The lowest BCUT2D eigenvalue weighted by atomic mass is 10.3. The Balaban J connectivity index is 2.57. The van der Waals surface area contributed by atoms with Crippen molar-refractivity contribution < 1.29 is 14.2 Å². The lowest BCUT2D eigenvalue weighted by Crippen LogP contribution is -2.02. The summed E-state index contributed by atoms with van der Waals surface area (Å²) in [4.78, 5) is 0. The zero-order chi connectivity index (χ0) is 19.6. The number of unbranched alkanes of at least 4 members (excludes halogenated alkanes) is 2. The number of methoxy groups -OCH3 is 1. The van der Waals surface area contributed by atoms with Crippen molar-refractivity contribution in [2.45, 2.75) is 39.5 Å². The van der Waals surface area contributed by atoms with Crippen LogP contribution in [0.3, 0.4) is 0 Å². The quantitative estimate of drug-likeness (QED) is 0.574. The molecule has 0 fully saturated rings. The number of ether oxygens (including phenoxy) is 3. The maximum Gasteiger partial charge on any atom is 0.199 e. The SMILES string of the molecule is CCCCOc1c(OCCCC)c(C#N)n(-c2ccc(OC)cc2)c1C#N. The van der Waals surface area contributed by atoms with E-state index < -0.39 is 0 Å². The van der Waals surface area contributed by atoms with Gasteiger partial charge in [-0.15, -0.1) is 0 Å².